The molecule has 6 nitrogen and oxygen atoms in total. The predicted octanol–water partition coefficient (Wildman–Crippen LogP) is 2.40. The molecule has 2 aliphatic rings. The van der Waals surface area contributed by atoms with Gasteiger partial charge in [0.15, 0.2) is 0 Å². The monoisotopic (exact) mass is 364 g/mol. The van der Waals surface area contributed by atoms with Crippen LogP contribution in [0.5, 0.6) is 0 Å². The molecule has 27 heavy (non-hydrogen) atoms. The second-order valence-electron chi connectivity index (χ2n) is 7.35. The molecule has 0 bridgehead atoms. The molecule has 2 amide bonds. The first kappa shape index (κ1) is 17.6. The summed E-state index contributed by atoms with van der Waals surface area (Å²) in [5, 5.41) is 0. The second kappa shape index (κ2) is 7.47. The Balaban J connectivity index is 1.48. The summed E-state index contributed by atoms with van der Waals surface area (Å²) in [7, 11) is 0. The van der Waals surface area contributed by atoms with Gasteiger partial charge in [-0.2, -0.15) is 0 Å². The number of piperidine rings is 1. The van der Waals surface area contributed by atoms with E-state index in [-0.39, 0.29) is 17.7 Å². The van der Waals surface area contributed by atoms with E-state index in [9.17, 15) is 9.59 Å². The van der Waals surface area contributed by atoms with E-state index in [1.54, 1.807) is 6.92 Å². The van der Waals surface area contributed by atoms with Crippen LogP contribution < -0.4 is 0 Å². The lowest BCUT2D eigenvalue weighted by Gasteiger charge is -2.32. The molecule has 1 saturated heterocycles. The van der Waals surface area contributed by atoms with Gasteiger partial charge < -0.3 is 9.80 Å². The van der Waals surface area contributed by atoms with E-state index in [2.05, 4.69) is 4.98 Å². The Morgan fingerprint density at radius 1 is 1.11 bits per heavy atom. The first-order chi connectivity index (χ1) is 13.1. The van der Waals surface area contributed by atoms with Crippen molar-refractivity contribution in [3.63, 3.8) is 0 Å². The fraction of sp³-hybridized carbons (Fsp3) is 0.429. The minimum atomic E-state index is 0.0507. The van der Waals surface area contributed by atoms with E-state index in [0.717, 1.165) is 42.9 Å². The van der Waals surface area contributed by atoms with Crippen molar-refractivity contribution in [3.8, 4) is 0 Å². The lowest BCUT2D eigenvalue weighted by molar-refractivity contribution is -0.130. The predicted molar refractivity (Wildman–Crippen MR) is 101 cm³/mol. The van der Waals surface area contributed by atoms with Gasteiger partial charge in [-0.3, -0.25) is 9.59 Å². The molecule has 0 aliphatic carbocycles. The summed E-state index contributed by atoms with van der Waals surface area (Å²) in [4.78, 5) is 37.5. The molecule has 0 saturated carbocycles. The van der Waals surface area contributed by atoms with Gasteiger partial charge in [-0.1, -0.05) is 18.2 Å². The summed E-state index contributed by atoms with van der Waals surface area (Å²) in [5.74, 6) is 1.21. The van der Waals surface area contributed by atoms with Crippen molar-refractivity contribution < 1.29 is 9.59 Å². The van der Waals surface area contributed by atoms with Crippen LogP contribution in [0.3, 0.4) is 0 Å². The molecule has 1 fully saturated rings. The number of carbonyl (C=O) groups excluding carboxylic acids is 2. The van der Waals surface area contributed by atoms with Gasteiger partial charge in [0.25, 0.3) is 5.91 Å². The van der Waals surface area contributed by atoms with Gasteiger partial charge in [0.05, 0.1) is 5.69 Å². The number of nitrogens with zero attached hydrogens (tertiary/aromatic N) is 4. The highest BCUT2D eigenvalue weighted by Gasteiger charge is 2.27. The maximum absolute atomic E-state index is 12.7. The summed E-state index contributed by atoms with van der Waals surface area (Å²) in [6, 6.07) is 9.38. The van der Waals surface area contributed by atoms with Crippen molar-refractivity contribution in [1.29, 1.82) is 0 Å². The highest BCUT2D eigenvalue weighted by atomic mass is 16.2. The fourth-order valence-corrected chi connectivity index (χ4v) is 3.94. The first-order valence-corrected chi connectivity index (χ1v) is 9.56. The zero-order valence-electron chi connectivity index (χ0n) is 15.6. The van der Waals surface area contributed by atoms with Crippen molar-refractivity contribution >= 4 is 11.8 Å². The van der Waals surface area contributed by atoms with Crippen LogP contribution in [0.1, 0.15) is 53.1 Å². The maximum atomic E-state index is 12.7. The third-order valence-corrected chi connectivity index (χ3v) is 5.49. The second-order valence-corrected chi connectivity index (χ2v) is 7.35. The number of aromatic nitrogens is 2. The lowest BCUT2D eigenvalue weighted by atomic mass is 9.96. The summed E-state index contributed by atoms with van der Waals surface area (Å²) < 4.78 is 0. The highest BCUT2D eigenvalue weighted by Crippen LogP contribution is 2.26. The molecule has 6 heteroatoms. The molecule has 1 atom stereocenters. The molecule has 0 N–H and O–H groups in total. The van der Waals surface area contributed by atoms with Crippen LogP contribution in [0.4, 0.5) is 0 Å². The Hall–Kier alpha value is -2.76. The van der Waals surface area contributed by atoms with Crippen molar-refractivity contribution in [2.75, 3.05) is 19.6 Å². The Morgan fingerprint density at radius 3 is 2.70 bits per heavy atom. The summed E-state index contributed by atoms with van der Waals surface area (Å²) in [6.07, 6.45) is 4.62. The van der Waals surface area contributed by atoms with Crippen LogP contribution in [-0.4, -0.2) is 51.2 Å². The Labute approximate surface area is 159 Å². The minimum absolute atomic E-state index is 0.0507. The molecule has 0 radical (unpaired) electrons. The zero-order valence-corrected chi connectivity index (χ0v) is 15.6. The number of carbonyl (C=O) groups is 2. The normalized spacial score (nSPS) is 19.5. The molecule has 0 spiro atoms. The van der Waals surface area contributed by atoms with E-state index in [1.165, 1.54) is 0 Å². The first-order valence-electron chi connectivity index (χ1n) is 9.56. The number of benzene rings is 1. The molecule has 1 aromatic heterocycles. The lowest BCUT2D eigenvalue weighted by Crippen LogP contribution is -2.39. The van der Waals surface area contributed by atoms with Gasteiger partial charge in [0.2, 0.25) is 5.91 Å². The summed E-state index contributed by atoms with van der Waals surface area (Å²) in [6.45, 7) is 4.36. The summed E-state index contributed by atoms with van der Waals surface area (Å²) >= 11 is 0. The molecule has 140 valence electrons. The molecule has 4 rings (SSSR count). The largest absolute Gasteiger partial charge is 0.342 e. The molecule has 0 unspecified atom stereocenters. The van der Waals surface area contributed by atoms with Crippen LogP contribution in [-0.2, 0) is 17.8 Å². The van der Waals surface area contributed by atoms with E-state index in [1.807, 2.05) is 46.3 Å². The number of hydrogen-bond donors (Lipinski definition) is 0. The zero-order chi connectivity index (χ0) is 18.8. The maximum Gasteiger partial charge on any atom is 0.254 e. The topological polar surface area (TPSA) is 66.4 Å². The van der Waals surface area contributed by atoms with Crippen LogP contribution in [0.2, 0.25) is 0 Å². The minimum Gasteiger partial charge on any atom is -0.342 e. The van der Waals surface area contributed by atoms with Crippen LogP contribution in [0.25, 0.3) is 0 Å². The van der Waals surface area contributed by atoms with E-state index >= 15 is 0 Å². The Morgan fingerprint density at radius 2 is 1.93 bits per heavy atom. The Bertz CT molecular complexity index is 853. The van der Waals surface area contributed by atoms with Gasteiger partial charge in [0, 0.05) is 62.8 Å². The molecule has 2 aromatic rings. The third-order valence-electron chi connectivity index (χ3n) is 5.49. The molecule has 1 aromatic carbocycles. The third kappa shape index (κ3) is 3.70. The summed E-state index contributed by atoms with van der Waals surface area (Å²) in [5.41, 5.74) is 2.77. The smallest absolute Gasteiger partial charge is 0.254 e. The van der Waals surface area contributed by atoms with Crippen molar-refractivity contribution in [2.24, 2.45) is 0 Å². The van der Waals surface area contributed by atoms with Gasteiger partial charge in [-0.05, 0) is 25.0 Å². The number of hydrogen-bond acceptors (Lipinski definition) is 4. The van der Waals surface area contributed by atoms with Gasteiger partial charge in [0.1, 0.15) is 5.82 Å². The average molecular weight is 364 g/mol. The van der Waals surface area contributed by atoms with Crippen molar-refractivity contribution in [1.82, 2.24) is 19.8 Å². The molecular weight excluding hydrogens is 340 g/mol. The number of rotatable bonds is 2. The average Bonchev–Trinajstić information content (AvgIpc) is 2.73. The van der Waals surface area contributed by atoms with Crippen molar-refractivity contribution in [3.05, 3.63) is 59.2 Å². The fourth-order valence-electron chi connectivity index (χ4n) is 3.94. The SMILES string of the molecule is CC(=O)N1CCC[C@@H](c2ncc3c(n2)CCN(C(=O)c2ccccc2)C3)C1. The highest BCUT2D eigenvalue weighted by molar-refractivity contribution is 5.94. The van der Waals surface area contributed by atoms with Gasteiger partial charge in [-0.15, -0.1) is 0 Å². The number of fused-ring (bicyclic) bond motifs is 1. The Kier molecular flexibility index (Phi) is 4.88. The van der Waals surface area contributed by atoms with E-state index in [0.29, 0.717) is 25.2 Å². The number of likely N-dealkylation sites (tertiary alicyclic amines) is 1. The van der Waals surface area contributed by atoms with Crippen LogP contribution in [0, 0.1) is 0 Å². The molecule has 3 heterocycles. The van der Waals surface area contributed by atoms with Gasteiger partial charge in [-0.25, -0.2) is 9.97 Å². The standard InChI is InChI=1S/C21H24N4O2/c1-15(26)24-10-5-8-17(13-24)20-22-12-18-14-25(11-9-19(18)23-20)21(27)16-6-3-2-4-7-16/h2-4,6-7,12,17H,5,8-11,13-14H2,1H3/t17-/m1/s1. The van der Waals surface area contributed by atoms with E-state index < -0.39 is 0 Å². The van der Waals surface area contributed by atoms with Crippen LogP contribution in [0.15, 0.2) is 36.5 Å². The molecule has 2 aliphatic heterocycles. The van der Waals surface area contributed by atoms with Crippen molar-refractivity contribution in [2.45, 2.75) is 38.6 Å². The van der Waals surface area contributed by atoms with E-state index in [4.69, 9.17) is 4.98 Å². The van der Waals surface area contributed by atoms with Crippen LogP contribution >= 0.6 is 0 Å². The van der Waals surface area contributed by atoms with Gasteiger partial charge >= 0.3 is 0 Å². The quantitative estimate of drug-likeness (QED) is 0.821. The molecular formula is C21H24N4O2. The number of amides is 2.